The van der Waals surface area contributed by atoms with Crippen molar-refractivity contribution < 1.29 is 4.79 Å². The van der Waals surface area contributed by atoms with Crippen molar-refractivity contribution in [3.05, 3.63) is 40.0 Å². The SMILES string of the molecule is CCCc1nc(C(=O)N2CCC(Cc3ccc(N)nc3)C2)cs1. The molecule has 1 unspecified atom stereocenters. The van der Waals surface area contributed by atoms with Crippen molar-refractivity contribution in [3.63, 3.8) is 0 Å². The van der Waals surface area contributed by atoms with Crippen LogP contribution in [0.1, 0.15) is 40.8 Å². The van der Waals surface area contributed by atoms with Crippen LogP contribution in [0.15, 0.2) is 23.7 Å². The topological polar surface area (TPSA) is 72.1 Å². The fraction of sp³-hybridized carbons (Fsp3) is 0.471. The number of hydrogen-bond acceptors (Lipinski definition) is 5. The van der Waals surface area contributed by atoms with E-state index in [-0.39, 0.29) is 5.91 Å². The number of nitrogens with zero attached hydrogens (tertiary/aromatic N) is 3. The van der Waals surface area contributed by atoms with Gasteiger partial charge in [-0.15, -0.1) is 11.3 Å². The first-order chi connectivity index (χ1) is 11.2. The van der Waals surface area contributed by atoms with E-state index in [9.17, 15) is 4.79 Å². The number of likely N-dealkylation sites (tertiary alicyclic amines) is 1. The van der Waals surface area contributed by atoms with Gasteiger partial charge in [0.15, 0.2) is 0 Å². The molecule has 2 aromatic rings. The number of rotatable bonds is 5. The van der Waals surface area contributed by atoms with Crippen LogP contribution in [0.5, 0.6) is 0 Å². The highest BCUT2D eigenvalue weighted by Crippen LogP contribution is 2.23. The van der Waals surface area contributed by atoms with E-state index in [1.54, 1.807) is 11.3 Å². The third-order valence-electron chi connectivity index (χ3n) is 4.18. The van der Waals surface area contributed by atoms with Crippen molar-refractivity contribution in [2.24, 2.45) is 5.92 Å². The van der Waals surface area contributed by atoms with E-state index in [0.29, 0.717) is 17.4 Å². The lowest BCUT2D eigenvalue weighted by Crippen LogP contribution is -2.29. The van der Waals surface area contributed by atoms with Crippen LogP contribution in [-0.2, 0) is 12.8 Å². The second-order valence-electron chi connectivity index (χ2n) is 6.08. The monoisotopic (exact) mass is 330 g/mol. The summed E-state index contributed by atoms with van der Waals surface area (Å²) >= 11 is 1.59. The molecule has 0 aliphatic carbocycles. The highest BCUT2D eigenvalue weighted by molar-refractivity contribution is 7.09. The Morgan fingerprint density at radius 2 is 2.35 bits per heavy atom. The molecule has 1 fully saturated rings. The molecule has 6 heteroatoms. The number of thiazole rings is 1. The maximum absolute atomic E-state index is 12.5. The lowest BCUT2D eigenvalue weighted by molar-refractivity contribution is 0.0782. The van der Waals surface area contributed by atoms with Crippen LogP contribution in [0.2, 0.25) is 0 Å². The average Bonchev–Trinajstić information content (AvgIpc) is 3.19. The average molecular weight is 330 g/mol. The third-order valence-corrected chi connectivity index (χ3v) is 5.09. The predicted octanol–water partition coefficient (Wildman–Crippen LogP) is 2.78. The molecular formula is C17H22N4OS. The van der Waals surface area contributed by atoms with Gasteiger partial charge in [-0.25, -0.2) is 9.97 Å². The van der Waals surface area contributed by atoms with Crippen molar-refractivity contribution in [3.8, 4) is 0 Å². The molecule has 0 radical (unpaired) electrons. The van der Waals surface area contributed by atoms with Crippen molar-refractivity contribution in [1.82, 2.24) is 14.9 Å². The second kappa shape index (κ2) is 7.08. The summed E-state index contributed by atoms with van der Waals surface area (Å²) in [6, 6.07) is 3.85. The smallest absolute Gasteiger partial charge is 0.273 e. The minimum atomic E-state index is 0.0709. The predicted molar refractivity (Wildman–Crippen MR) is 92.5 cm³/mol. The normalized spacial score (nSPS) is 17.6. The second-order valence-corrected chi connectivity index (χ2v) is 7.02. The summed E-state index contributed by atoms with van der Waals surface area (Å²) in [7, 11) is 0. The Morgan fingerprint density at radius 3 is 3.09 bits per heavy atom. The largest absolute Gasteiger partial charge is 0.384 e. The van der Waals surface area contributed by atoms with Crippen LogP contribution >= 0.6 is 11.3 Å². The number of amides is 1. The van der Waals surface area contributed by atoms with Gasteiger partial charge in [0.25, 0.3) is 5.91 Å². The van der Waals surface area contributed by atoms with Crippen LogP contribution in [0.3, 0.4) is 0 Å². The third kappa shape index (κ3) is 3.88. The van der Waals surface area contributed by atoms with E-state index in [1.165, 1.54) is 5.56 Å². The number of pyridine rings is 1. The number of nitrogens with two attached hydrogens (primary N) is 1. The van der Waals surface area contributed by atoms with Gasteiger partial charge in [-0.2, -0.15) is 0 Å². The summed E-state index contributed by atoms with van der Waals surface area (Å²) in [5.41, 5.74) is 7.40. The Morgan fingerprint density at radius 1 is 1.48 bits per heavy atom. The number of carbonyl (C=O) groups is 1. The maximum atomic E-state index is 12.5. The van der Waals surface area contributed by atoms with E-state index in [4.69, 9.17) is 5.73 Å². The first-order valence-electron chi connectivity index (χ1n) is 8.09. The van der Waals surface area contributed by atoms with Crippen LogP contribution < -0.4 is 5.73 Å². The van der Waals surface area contributed by atoms with Gasteiger partial charge in [-0.3, -0.25) is 4.79 Å². The summed E-state index contributed by atoms with van der Waals surface area (Å²) in [6.07, 6.45) is 5.81. The quantitative estimate of drug-likeness (QED) is 0.915. The Kier molecular flexibility index (Phi) is 4.91. The summed E-state index contributed by atoms with van der Waals surface area (Å²) in [4.78, 5) is 23.1. The molecule has 2 N–H and O–H groups in total. The lowest BCUT2D eigenvalue weighted by Gasteiger charge is -2.15. The molecule has 0 spiro atoms. The number of anilines is 1. The van der Waals surface area contributed by atoms with E-state index in [2.05, 4.69) is 16.9 Å². The Hall–Kier alpha value is -1.95. The summed E-state index contributed by atoms with van der Waals surface area (Å²) in [6.45, 7) is 3.73. The zero-order valence-electron chi connectivity index (χ0n) is 13.4. The molecule has 3 heterocycles. The number of carbonyl (C=O) groups excluding carboxylic acids is 1. The van der Waals surface area contributed by atoms with Gasteiger partial charge in [-0.1, -0.05) is 13.0 Å². The van der Waals surface area contributed by atoms with E-state index >= 15 is 0 Å². The van der Waals surface area contributed by atoms with Gasteiger partial charge in [0.2, 0.25) is 0 Å². The van der Waals surface area contributed by atoms with Gasteiger partial charge in [0.1, 0.15) is 11.5 Å². The van der Waals surface area contributed by atoms with Gasteiger partial charge < -0.3 is 10.6 Å². The standard InChI is InChI=1S/C17H22N4OS/c1-2-3-16-20-14(11-23-16)17(22)21-7-6-13(10-21)8-12-4-5-15(18)19-9-12/h4-5,9,11,13H,2-3,6-8,10H2,1H3,(H2,18,19). The minimum Gasteiger partial charge on any atom is -0.384 e. The van der Waals surface area contributed by atoms with Gasteiger partial charge >= 0.3 is 0 Å². The Bertz CT molecular complexity index is 667. The fourth-order valence-electron chi connectivity index (χ4n) is 2.97. The summed E-state index contributed by atoms with van der Waals surface area (Å²) in [5, 5.41) is 2.95. The lowest BCUT2D eigenvalue weighted by atomic mass is 10.00. The highest BCUT2D eigenvalue weighted by Gasteiger charge is 2.28. The molecule has 5 nitrogen and oxygen atoms in total. The first-order valence-corrected chi connectivity index (χ1v) is 8.97. The van der Waals surface area contributed by atoms with Crippen LogP contribution in [-0.4, -0.2) is 33.9 Å². The van der Waals surface area contributed by atoms with Gasteiger partial charge in [0, 0.05) is 24.7 Å². The Labute approximate surface area is 140 Å². The minimum absolute atomic E-state index is 0.0709. The van der Waals surface area contributed by atoms with Gasteiger partial charge in [-0.05, 0) is 43.2 Å². The van der Waals surface area contributed by atoms with Crippen molar-refractivity contribution >= 4 is 23.1 Å². The van der Waals surface area contributed by atoms with Crippen molar-refractivity contribution in [2.45, 2.75) is 32.6 Å². The zero-order valence-corrected chi connectivity index (χ0v) is 14.2. The van der Waals surface area contributed by atoms with Crippen molar-refractivity contribution in [2.75, 3.05) is 18.8 Å². The molecule has 0 aromatic carbocycles. The van der Waals surface area contributed by atoms with E-state index < -0.39 is 0 Å². The molecule has 3 rings (SSSR count). The molecule has 23 heavy (non-hydrogen) atoms. The van der Waals surface area contributed by atoms with Crippen LogP contribution in [0.25, 0.3) is 0 Å². The molecule has 122 valence electrons. The van der Waals surface area contributed by atoms with Crippen molar-refractivity contribution in [1.29, 1.82) is 0 Å². The molecule has 1 atom stereocenters. The molecule has 1 aliphatic heterocycles. The first kappa shape index (κ1) is 15.9. The number of aromatic nitrogens is 2. The van der Waals surface area contributed by atoms with Crippen LogP contribution in [0, 0.1) is 5.92 Å². The molecule has 1 saturated heterocycles. The number of nitrogen functional groups attached to an aromatic ring is 1. The van der Waals surface area contributed by atoms with Crippen LogP contribution in [0.4, 0.5) is 5.82 Å². The van der Waals surface area contributed by atoms with E-state index in [0.717, 1.165) is 43.8 Å². The molecule has 2 aromatic heterocycles. The van der Waals surface area contributed by atoms with Gasteiger partial charge in [0.05, 0.1) is 5.01 Å². The summed E-state index contributed by atoms with van der Waals surface area (Å²) in [5.74, 6) is 1.10. The fourth-order valence-corrected chi connectivity index (χ4v) is 3.85. The zero-order chi connectivity index (χ0) is 16.2. The molecule has 0 bridgehead atoms. The molecule has 1 aliphatic rings. The summed E-state index contributed by atoms with van der Waals surface area (Å²) < 4.78 is 0. The Balaban J connectivity index is 1.58. The van der Waals surface area contributed by atoms with E-state index in [1.807, 2.05) is 28.6 Å². The number of hydrogen-bond donors (Lipinski definition) is 1. The molecule has 1 amide bonds. The maximum Gasteiger partial charge on any atom is 0.273 e. The highest BCUT2D eigenvalue weighted by atomic mass is 32.1. The number of aryl methyl sites for hydroxylation is 1. The molecule has 0 saturated carbocycles. The molecular weight excluding hydrogens is 308 g/mol.